The van der Waals surface area contributed by atoms with Crippen LogP contribution in [-0.4, -0.2) is 5.11 Å². The van der Waals surface area contributed by atoms with E-state index in [1.54, 1.807) is 42.5 Å². The highest BCUT2D eigenvalue weighted by molar-refractivity contribution is 5.39. The number of nitriles is 1. The van der Waals surface area contributed by atoms with Gasteiger partial charge in [-0.1, -0.05) is 30.3 Å². The van der Waals surface area contributed by atoms with Crippen molar-refractivity contribution in [3.8, 4) is 6.07 Å². The standard InChI is InChI=1S/C15H12FNO/c1-15(18,13-4-2-3-5-14(13)16)12-8-6-11(10-17)7-9-12/h2-9,18H,1H3. The monoisotopic (exact) mass is 241 g/mol. The van der Waals surface area contributed by atoms with Crippen molar-refractivity contribution < 1.29 is 9.50 Å². The molecule has 18 heavy (non-hydrogen) atoms. The molecule has 0 aliphatic carbocycles. The molecule has 2 aromatic carbocycles. The summed E-state index contributed by atoms with van der Waals surface area (Å²) in [4.78, 5) is 0. The molecule has 0 amide bonds. The zero-order valence-electron chi connectivity index (χ0n) is 9.89. The number of rotatable bonds is 2. The van der Waals surface area contributed by atoms with Crippen molar-refractivity contribution in [2.45, 2.75) is 12.5 Å². The Labute approximate surface area is 105 Å². The van der Waals surface area contributed by atoms with Gasteiger partial charge in [0.2, 0.25) is 0 Å². The molecule has 0 radical (unpaired) electrons. The molecular formula is C15H12FNO. The predicted molar refractivity (Wildman–Crippen MR) is 66.2 cm³/mol. The molecule has 0 aromatic heterocycles. The molecule has 90 valence electrons. The van der Waals surface area contributed by atoms with Crippen molar-refractivity contribution in [2.75, 3.05) is 0 Å². The van der Waals surface area contributed by atoms with Crippen LogP contribution in [0.1, 0.15) is 23.6 Å². The van der Waals surface area contributed by atoms with E-state index in [9.17, 15) is 9.50 Å². The first-order valence-electron chi connectivity index (χ1n) is 5.53. The van der Waals surface area contributed by atoms with Gasteiger partial charge in [-0.2, -0.15) is 5.26 Å². The molecule has 0 saturated carbocycles. The Bertz CT molecular complexity index is 597. The molecule has 0 aliphatic heterocycles. The number of hydrogen-bond acceptors (Lipinski definition) is 2. The van der Waals surface area contributed by atoms with E-state index in [0.29, 0.717) is 11.1 Å². The van der Waals surface area contributed by atoms with Crippen LogP contribution < -0.4 is 0 Å². The number of nitrogens with zero attached hydrogens (tertiary/aromatic N) is 1. The maximum Gasteiger partial charge on any atom is 0.129 e. The van der Waals surface area contributed by atoms with Crippen LogP contribution in [0.15, 0.2) is 48.5 Å². The first kappa shape index (κ1) is 12.3. The van der Waals surface area contributed by atoms with E-state index in [1.165, 1.54) is 13.0 Å². The van der Waals surface area contributed by atoms with Crippen LogP contribution >= 0.6 is 0 Å². The van der Waals surface area contributed by atoms with Gasteiger partial charge in [0.05, 0.1) is 11.6 Å². The average Bonchev–Trinajstić information content (AvgIpc) is 2.39. The molecule has 1 atom stereocenters. The average molecular weight is 241 g/mol. The summed E-state index contributed by atoms with van der Waals surface area (Å²) in [7, 11) is 0. The normalized spacial score (nSPS) is 13.7. The van der Waals surface area contributed by atoms with Crippen LogP contribution in [0.5, 0.6) is 0 Å². The van der Waals surface area contributed by atoms with Crippen molar-refractivity contribution >= 4 is 0 Å². The van der Waals surface area contributed by atoms with Crippen LogP contribution in [0.2, 0.25) is 0 Å². The number of aliphatic hydroxyl groups is 1. The van der Waals surface area contributed by atoms with Crippen LogP contribution in [-0.2, 0) is 5.60 Å². The third-order valence-electron chi connectivity index (χ3n) is 2.97. The molecule has 0 saturated heterocycles. The third-order valence-corrected chi connectivity index (χ3v) is 2.97. The largest absolute Gasteiger partial charge is 0.381 e. The van der Waals surface area contributed by atoms with Gasteiger partial charge < -0.3 is 5.11 Å². The summed E-state index contributed by atoms with van der Waals surface area (Å²) in [6, 6.07) is 14.6. The van der Waals surface area contributed by atoms with Crippen LogP contribution in [0.3, 0.4) is 0 Å². The summed E-state index contributed by atoms with van der Waals surface area (Å²) in [6.45, 7) is 1.53. The lowest BCUT2D eigenvalue weighted by molar-refractivity contribution is 0.0979. The Balaban J connectivity index is 2.48. The number of halogens is 1. The minimum atomic E-state index is -1.42. The van der Waals surface area contributed by atoms with E-state index in [2.05, 4.69) is 0 Å². The second-order valence-corrected chi connectivity index (χ2v) is 4.24. The van der Waals surface area contributed by atoms with Crippen molar-refractivity contribution in [2.24, 2.45) is 0 Å². The number of benzene rings is 2. The Hall–Kier alpha value is -2.18. The van der Waals surface area contributed by atoms with Crippen molar-refractivity contribution in [1.29, 1.82) is 5.26 Å². The van der Waals surface area contributed by atoms with Gasteiger partial charge in [-0.25, -0.2) is 4.39 Å². The van der Waals surface area contributed by atoms with Gasteiger partial charge in [-0.05, 0) is 30.7 Å². The topological polar surface area (TPSA) is 44.0 Å². The molecule has 0 spiro atoms. The number of hydrogen-bond donors (Lipinski definition) is 1. The fourth-order valence-electron chi connectivity index (χ4n) is 1.88. The molecule has 0 fully saturated rings. The van der Waals surface area contributed by atoms with E-state index in [4.69, 9.17) is 5.26 Å². The van der Waals surface area contributed by atoms with E-state index in [0.717, 1.165) is 0 Å². The highest BCUT2D eigenvalue weighted by Crippen LogP contribution is 2.30. The van der Waals surface area contributed by atoms with Gasteiger partial charge in [-0.15, -0.1) is 0 Å². The van der Waals surface area contributed by atoms with E-state index in [-0.39, 0.29) is 5.56 Å². The van der Waals surface area contributed by atoms with Gasteiger partial charge in [0.1, 0.15) is 11.4 Å². The second-order valence-electron chi connectivity index (χ2n) is 4.24. The zero-order chi connectivity index (χ0) is 13.2. The smallest absolute Gasteiger partial charge is 0.129 e. The first-order chi connectivity index (χ1) is 8.55. The van der Waals surface area contributed by atoms with Crippen molar-refractivity contribution in [3.63, 3.8) is 0 Å². The molecule has 1 unspecified atom stereocenters. The molecule has 2 rings (SSSR count). The summed E-state index contributed by atoms with van der Waals surface area (Å²) in [6.07, 6.45) is 0. The Morgan fingerprint density at radius 2 is 1.72 bits per heavy atom. The van der Waals surface area contributed by atoms with Gasteiger partial charge in [0.15, 0.2) is 0 Å². The zero-order valence-corrected chi connectivity index (χ0v) is 9.89. The lowest BCUT2D eigenvalue weighted by Gasteiger charge is -2.25. The Morgan fingerprint density at radius 1 is 1.11 bits per heavy atom. The molecule has 2 aromatic rings. The second kappa shape index (κ2) is 4.59. The van der Waals surface area contributed by atoms with Crippen LogP contribution in [0.4, 0.5) is 4.39 Å². The predicted octanol–water partition coefficient (Wildman–Crippen LogP) is 2.95. The maximum atomic E-state index is 13.7. The summed E-state index contributed by atoms with van der Waals surface area (Å²) >= 11 is 0. The molecule has 2 nitrogen and oxygen atoms in total. The Kier molecular flexibility index (Phi) is 3.14. The molecular weight excluding hydrogens is 229 g/mol. The third kappa shape index (κ3) is 2.11. The van der Waals surface area contributed by atoms with Crippen molar-refractivity contribution in [1.82, 2.24) is 0 Å². The molecule has 0 aliphatic rings. The Morgan fingerprint density at radius 3 is 2.28 bits per heavy atom. The minimum Gasteiger partial charge on any atom is -0.381 e. The van der Waals surface area contributed by atoms with E-state index < -0.39 is 11.4 Å². The minimum absolute atomic E-state index is 0.217. The summed E-state index contributed by atoms with van der Waals surface area (Å²) < 4.78 is 13.7. The van der Waals surface area contributed by atoms with Crippen molar-refractivity contribution in [3.05, 3.63) is 71.0 Å². The summed E-state index contributed by atoms with van der Waals surface area (Å²) in [5.41, 5.74) is -0.149. The first-order valence-corrected chi connectivity index (χ1v) is 5.53. The molecule has 1 N–H and O–H groups in total. The summed E-state index contributed by atoms with van der Waals surface area (Å²) in [5.74, 6) is -0.452. The van der Waals surface area contributed by atoms with Crippen LogP contribution in [0, 0.1) is 17.1 Å². The van der Waals surface area contributed by atoms with Gasteiger partial charge in [0.25, 0.3) is 0 Å². The maximum absolute atomic E-state index is 13.7. The molecule has 3 heteroatoms. The molecule has 0 heterocycles. The lowest BCUT2D eigenvalue weighted by atomic mass is 9.87. The lowest BCUT2D eigenvalue weighted by Crippen LogP contribution is -2.24. The highest BCUT2D eigenvalue weighted by atomic mass is 19.1. The van der Waals surface area contributed by atoms with Crippen LogP contribution in [0.25, 0.3) is 0 Å². The van der Waals surface area contributed by atoms with E-state index in [1.807, 2.05) is 6.07 Å². The van der Waals surface area contributed by atoms with E-state index >= 15 is 0 Å². The SMILES string of the molecule is CC(O)(c1ccc(C#N)cc1)c1ccccc1F. The van der Waals surface area contributed by atoms with Gasteiger partial charge in [0, 0.05) is 5.56 Å². The van der Waals surface area contributed by atoms with Gasteiger partial charge in [-0.3, -0.25) is 0 Å². The summed E-state index contributed by atoms with van der Waals surface area (Å²) in [5, 5.41) is 19.2. The quantitative estimate of drug-likeness (QED) is 0.878. The fourth-order valence-corrected chi connectivity index (χ4v) is 1.88. The molecule has 0 bridgehead atoms. The fraction of sp³-hybridized carbons (Fsp3) is 0.133. The highest BCUT2D eigenvalue weighted by Gasteiger charge is 2.28. The van der Waals surface area contributed by atoms with Gasteiger partial charge >= 0.3 is 0 Å².